The number of pyridine rings is 1. The molecule has 0 aliphatic heterocycles. The van der Waals surface area contributed by atoms with E-state index in [9.17, 15) is 5.11 Å². The van der Waals surface area contributed by atoms with Crippen molar-refractivity contribution in [2.45, 2.75) is 12.1 Å². The van der Waals surface area contributed by atoms with Crippen LogP contribution in [0.3, 0.4) is 0 Å². The molecule has 3 rings (SSSR count). The Morgan fingerprint density at radius 3 is 2.73 bits per heavy atom. The Labute approximate surface area is 134 Å². The zero-order valence-corrected chi connectivity index (χ0v) is 13.0. The van der Waals surface area contributed by atoms with Gasteiger partial charge >= 0.3 is 0 Å². The van der Waals surface area contributed by atoms with Gasteiger partial charge in [-0.15, -0.1) is 0 Å². The fourth-order valence-corrected chi connectivity index (χ4v) is 3.10. The van der Waals surface area contributed by atoms with Crippen molar-refractivity contribution in [1.82, 2.24) is 14.9 Å². The van der Waals surface area contributed by atoms with Gasteiger partial charge in [0.25, 0.3) is 0 Å². The molecule has 3 aromatic rings. The fraction of sp³-hybridized carbons (Fsp3) is 0.235. The van der Waals surface area contributed by atoms with Gasteiger partial charge in [0, 0.05) is 24.3 Å². The number of aromatic nitrogens is 2. The van der Waals surface area contributed by atoms with Gasteiger partial charge in [0.15, 0.2) is 5.15 Å². The molecular formula is C17H18ClN3O. The molecule has 0 bridgehead atoms. The van der Waals surface area contributed by atoms with Gasteiger partial charge in [-0.1, -0.05) is 41.9 Å². The highest BCUT2D eigenvalue weighted by Gasteiger charge is 2.24. The quantitative estimate of drug-likeness (QED) is 0.712. The Bertz CT molecular complexity index is 757. The maximum absolute atomic E-state index is 10.6. The minimum atomic E-state index is -0.584. The summed E-state index contributed by atoms with van der Waals surface area (Å²) in [6.07, 6.45) is 3.06. The molecule has 2 N–H and O–H groups in total. The monoisotopic (exact) mass is 315 g/mol. The van der Waals surface area contributed by atoms with Crippen LogP contribution in [0.5, 0.6) is 0 Å². The average molecular weight is 316 g/mol. The van der Waals surface area contributed by atoms with Crippen molar-refractivity contribution >= 4 is 22.5 Å². The molecule has 114 valence electrons. The lowest BCUT2D eigenvalue weighted by atomic mass is 10.0. The molecule has 0 saturated heterocycles. The summed E-state index contributed by atoms with van der Waals surface area (Å²) in [5, 5.41) is 15.1. The molecule has 0 aliphatic rings. The van der Waals surface area contributed by atoms with Crippen molar-refractivity contribution in [3.63, 3.8) is 0 Å². The van der Waals surface area contributed by atoms with Gasteiger partial charge in [-0.2, -0.15) is 0 Å². The molecule has 22 heavy (non-hydrogen) atoms. The molecular weight excluding hydrogens is 298 g/mol. The van der Waals surface area contributed by atoms with E-state index in [1.165, 1.54) is 0 Å². The van der Waals surface area contributed by atoms with Gasteiger partial charge in [0.2, 0.25) is 0 Å². The Morgan fingerprint density at radius 2 is 2.00 bits per heavy atom. The number of rotatable bonds is 5. The number of fused-ring (bicyclic) bond motifs is 1. The number of aliphatic hydroxyl groups excluding tert-OH is 1. The average Bonchev–Trinajstić information content (AvgIpc) is 2.94. The van der Waals surface area contributed by atoms with E-state index in [1.807, 2.05) is 60.3 Å². The SMILES string of the molecule is CNC[C@@H](O)[C@H](c1ccccc1)n1ccc2ccnc(Cl)c21. The zero-order chi connectivity index (χ0) is 15.5. The summed E-state index contributed by atoms with van der Waals surface area (Å²) in [7, 11) is 1.83. The second-order valence-corrected chi connectivity index (χ2v) is 5.60. The largest absolute Gasteiger partial charge is 0.389 e. The lowest BCUT2D eigenvalue weighted by molar-refractivity contribution is 0.132. The van der Waals surface area contributed by atoms with Crippen LogP contribution < -0.4 is 5.32 Å². The van der Waals surface area contributed by atoms with E-state index in [0.717, 1.165) is 16.5 Å². The minimum absolute atomic E-state index is 0.229. The van der Waals surface area contributed by atoms with Crippen molar-refractivity contribution in [2.75, 3.05) is 13.6 Å². The van der Waals surface area contributed by atoms with E-state index in [-0.39, 0.29) is 6.04 Å². The van der Waals surface area contributed by atoms with Gasteiger partial charge in [-0.05, 0) is 24.7 Å². The first-order valence-electron chi connectivity index (χ1n) is 7.21. The van der Waals surface area contributed by atoms with Gasteiger partial charge < -0.3 is 15.0 Å². The first kappa shape index (κ1) is 15.0. The van der Waals surface area contributed by atoms with Crippen molar-refractivity contribution < 1.29 is 5.11 Å². The highest BCUT2D eigenvalue weighted by Crippen LogP contribution is 2.30. The van der Waals surface area contributed by atoms with Gasteiger partial charge in [-0.3, -0.25) is 0 Å². The van der Waals surface area contributed by atoms with Crippen molar-refractivity contribution in [3.8, 4) is 0 Å². The number of nitrogens with zero attached hydrogens (tertiary/aromatic N) is 2. The molecule has 1 aromatic carbocycles. The van der Waals surface area contributed by atoms with E-state index in [1.54, 1.807) is 6.20 Å². The Kier molecular flexibility index (Phi) is 4.43. The third-order valence-electron chi connectivity index (χ3n) is 3.80. The van der Waals surface area contributed by atoms with Crippen LogP contribution in [0.25, 0.3) is 10.9 Å². The van der Waals surface area contributed by atoms with E-state index < -0.39 is 6.10 Å². The lowest BCUT2D eigenvalue weighted by Gasteiger charge is -2.26. The van der Waals surface area contributed by atoms with E-state index >= 15 is 0 Å². The molecule has 0 fully saturated rings. The second kappa shape index (κ2) is 6.48. The third-order valence-corrected chi connectivity index (χ3v) is 4.08. The molecule has 5 heteroatoms. The topological polar surface area (TPSA) is 50.1 Å². The molecule has 4 nitrogen and oxygen atoms in total. The summed E-state index contributed by atoms with van der Waals surface area (Å²) in [6.45, 7) is 0.483. The third kappa shape index (κ3) is 2.73. The summed E-state index contributed by atoms with van der Waals surface area (Å²) in [5.74, 6) is 0. The standard InChI is InChI=1S/C17H18ClN3O/c1-19-11-14(22)15(12-5-3-2-4-6-12)21-10-8-13-7-9-20-17(18)16(13)21/h2-10,14-15,19,22H,11H2,1H3/t14-,15+/m1/s1. The highest BCUT2D eigenvalue weighted by atomic mass is 35.5. The predicted molar refractivity (Wildman–Crippen MR) is 89.3 cm³/mol. The number of hydrogen-bond donors (Lipinski definition) is 2. The van der Waals surface area contributed by atoms with Crippen LogP contribution in [0, 0.1) is 0 Å². The number of benzene rings is 1. The Balaban J connectivity index is 2.16. The molecule has 2 heterocycles. The molecule has 0 radical (unpaired) electrons. The van der Waals surface area contributed by atoms with Crippen molar-refractivity contribution in [2.24, 2.45) is 0 Å². The Morgan fingerprint density at radius 1 is 1.23 bits per heavy atom. The number of likely N-dealkylation sites (N-methyl/N-ethyl adjacent to an activating group) is 1. The van der Waals surface area contributed by atoms with Gasteiger partial charge in [0.05, 0.1) is 17.7 Å². The summed E-state index contributed by atoms with van der Waals surface area (Å²) >= 11 is 6.29. The van der Waals surface area contributed by atoms with Crippen molar-refractivity contribution in [3.05, 3.63) is 65.6 Å². The van der Waals surface area contributed by atoms with Crippen LogP contribution in [0.1, 0.15) is 11.6 Å². The summed E-state index contributed by atoms with van der Waals surface area (Å²) in [5.41, 5.74) is 1.87. The number of halogens is 1. The van der Waals surface area contributed by atoms with E-state index in [2.05, 4.69) is 10.3 Å². The maximum atomic E-state index is 10.6. The first-order valence-corrected chi connectivity index (χ1v) is 7.59. The molecule has 0 saturated carbocycles. The first-order chi connectivity index (χ1) is 10.7. The zero-order valence-electron chi connectivity index (χ0n) is 12.3. The summed E-state index contributed by atoms with van der Waals surface area (Å²) in [4.78, 5) is 4.17. The van der Waals surface area contributed by atoms with Crippen LogP contribution in [0.15, 0.2) is 54.9 Å². The molecule has 2 aromatic heterocycles. The second-order valence-electron chi connectivity index (χ2n) is 5.24. The van der Waals surface area contributed by atoms with Crippen LogP contribution in [0.2, 0.25) is 5.15 Å². The van der Waals surface area contributed by atoms with Gasteiger partial charge in [0.1, 0.15) is 0 Å². The van der Waals surface area contributed by atoms with Crippen molar-refractivity contribution in [1.29, 1.82) is 0 Å². The molecule has 0 unspecified atom stereocenters. The number of nitrogens with one attached hydrogen (secondary N) is 1. The fourth-order valence-electron chi connectivity index (χ4n) is 2.84. The summed E-state index contributed by atoms with van der Waals surface area (Å²) in [6, 6.07) is 13.6. The van der Waals surface area contributed by atoms with Crippen LogP contribution >= 0.6 is 11.6 Å². The van der Waals surface area contributed by atoms with Crippen LogP contribution in [-0.4, -0.2) is 34.4 Å². The number of hydrogen-bond acceptors (Lipinski definition) is 3. The van der Waals surface area contributed by atoms with Crippen LogP contribution in [0.4, 0.5) is 0 Å². The van der Waals surface area contributed by atoms with Gasteiger partial charge in [-0.25, -0.2) is 4.98 Å². The minimum Gasteiger partial charge on any atom is -0.389 e. The molecule has 0 amide bonds. The molecule has 2 atom stereocenters. The smallest absolute Gasteiger partial charge is 0.153 e. The maximum Gasteiger partial charge on any atom is 0.153 e. The summed E-state index contributed by atoms with van der Waals surface area (Å²) < 4.78 is 2.00. The highest BCUT2D eigenvalue weighted by molar-refractivity contribution is 6.33. The Hall–Kier alpha value is -1.88. The molecule has 0 aliphatic carbocycles. The number of aliphatic hydroxyl groups is 1. The lowest BCUT2D eigenvalue weighted by Crippen LogP contribution is -2.33. The molecule has 0 spiro atoms. The predicted octanol–water partition coefficient (Wildman–Crippen LogP) is 2.86. The van der Waals surface area contributed by atoms with E-state index in [4.69, 9.17) is 11.6 Å². The normalized spacial score (nSPS) is 14.1. The van der Waals surface area contributed by atoms with E-state index in [0.29, 0.717) is 11.7 Å². The van der Waals surface area contributed by atoms with Crippen LogP contribution in [-0.2, 0) is 0 Å².